The van der Waals surface area contributed by atoms with Crippen LogP contribution in [0.25, 0.3) is 12.2 Å². The molecule has 0 bridgehead atoms. The van der Waals surface area contributed by atoms with E-state index in [1.807, 2.05) is 52.0 Å². The molecule has 0 amide bonds. The van der Waals surface area contributed by atoms with E-state index < -0.39 is 0 Å². The lowest BCUT2D eigenvalue weighted by atomic mass is 10.1. The molecule has 1 heterocycles. The summed E-state index contributed by atoms with van der Waals surface area (Å²) in [6, 6.07) is 0. The van der Waals surface area contributed by atoms with Gasteiger partial charge in [0.1, 0.15) is 0 Å². The molecule has 3 nitrogen and oxygen atoms in total. The van der Waals surface area contributed by atoms with E-state index in [0.29, 0.717) is 0 Å². The van der Waals surface area contributed by atoms with Gasteiger partial charge < -0.3 is 0 Å². The zero-order valence-corrected chi connectivity index (χ0v) is 14.1. The van der Waals surface area contributed by atoms with Crippen molar-refractivity contribution in [3.63, 3.8) is 0 Å². The lowest BCUT2D eigenvalue weighted by Crippen LogP contribution is -2.22. The van der Waals surface area contributed by atoms with E-state index in [0.717, 1.165) is 17.5 Å². The maximum Gasteiger partial charge on any atom is 0.274 e. The molecule has 0 saturated heterocycles. The topological polar surface area (TPSA) is 34.9 Å². The van der Waals surface area contributed by atoms with Crippen molar-refractivity contribution in [2.24, 2.45) is 7.05 Å². The average molecular weight is 278 g/mol. The molecule has 1 aromatic rings. The van der Waals surface area contributed by atoms with Gasteiger partial charge in [-0.25, -0.2) is 4.68 Å². The molecule has 2 rings (SSSR count). The quantitative estimate of drug-likeness (QED) is 0.690. The van der Waals surface area contributed by atoms with Gasteiger partial charge in [0.05, 0.1) is 6.20 Å². The molecule has 0 saturated carbocycles. The van der Waals surface area contributed by atoms with E-state index in [-0.39, 0.29) is 5.56 Å². The molecule has 0 radical (unpaired) electrons. The molecular weight excluding hydrogens is 248 g/mol. The highest BCUT2D eigenvalue weighted by atomic mass is 16.1. The summed E-state index contributed by atoms with van der Waals surface area (Å²) >= 11 is 0. The number of aromatic nitrogens is 2. The Morgan fingerprint density at radius 2 is 1.60 bits per heavy atom. The molecule has 20 heavy (non-hydrogen) atoms. The summed E-state index contributed by atoms with van der Waals surface area (Å²) in [5.74, 6) is 0. The van der Waals surface area contributed by atoms with E-state index in [1.54, 1.807) is 13.2 Å². The predicted octanol–water partition coefficient (Wildman–Crippen LogP) is 4.68. The maximum absolute atomic E-state index is 11.6. The van der Waals surface area contributed by atoms with Crippen molar-refractivity contribution in [1.82, 2.24) is 9.78 Å². The van der Waals surface area contributed by atoms with Crippen molar-refractivity contribution in [1.29, 1.82) is 0 Å². The van der Waals surface area contributed by atoms with Gasteiger partial charge in [-0.2, -0.15) is 5.10 Å². The first-order valence-electron chi connectivity index (χ1n) is 7.60. The summed E-state index contributed by atoms with van der Waals surface area (Å²) in [6.45, 7) is 12.2. The maximum atomic E-state index is 11.6. The van der Waals surface area contributed by atoms with Crippen LogP contribution in [0.15, 0.2) is 23.1 Å². The van der Waals surface area contributed by atoms with E-state index in [9.17, 15) is 4.79 Å². The van der Waals surface area contributed by atoms with Crippen LogP contribution < -0.4 is 5.56 Å². The van der Waals surface area contributed by atoms with E-state index >= 15 is 0 Å². The second-order valence-electron chi connectivity index (χ2n) is 3.69. The van der Waals surface area contributed by atoms with Crippen LogP contribution in [0.4, 0.5) is 0 Å². The fourth-order valence-corrected chi connectivity index (χ4v) is 1.33. The average Bonchev–Trinajstić information content (AvgIpc) is 2.74. The highest BCUT2D eigenvalue weighted by Gasteiger charge is 2.05. The number of hydrogen-bond acceptors (Lipinski definition) is 2. The first kappa shape index (κ1) is 20.7. The van der Waals surface area contributed by atoms with Crippen molar-refractivity contribution in [3.8, 4) is 0 Å². The van der Waals surface area contributed by atoms with Crippen molar-refractivity contribution in [3.05, 3.63) is 39.8 Å². The largest absolute Gasteiger partial charge is 0.274 e. The van der Waals surface area contributed by atoms with Crippen LogP contribution in [0.5, 0.6) is 0 Å². The summed E-state index contributed by atoms with van der Waals surface area (Å²) < 4.78 is 1.35. The molecule has 3 heteroatoms. The van der Waals surface area contributed by atoms with Crippen LogP contribution in [-0.2, 0) is 7.05 Å². The van der Waals surface area contributed by atoms with Crippen LogP contribution in [0.3, 0.4) is 0 Å². The number of fused-ring (bicyclic) bond motifs is 1. The molecular formula is C17H30N2O. The lowest BCUT2D eigenvalue weighted by molar-refractivity contribution is 0.704. The van der Waals surface area contributed by atoms with Crippen LogP contribution in [0.1, 0.15) is 65.5 Å². The van der Waals surface area contributed by atoms with Crippen LogP contribution in [0, 0.1) is 0 Å². The fourth-order valence-electron chi connectivity index (χ4n) is 1.33. The number of nitrogens with zero attached hydrogens (tertiary/aromatic N) is 2. The van der Waals surface area contributed by atoms with Crippen molar-refractivity contribution >= 4 is 12.2 Å². The van der Waals surface area contributed by atoms with E-state index in [4.69, 9.17) is 0 Å². The minimum Gasteiger partial charge on any atom is -0.267 e. The van der Waals surface area contributed by atoms with Gasteiger partial charge >= 0.3 is 0 Å². The van der Waals surface area contributed by atoms with Crippen LogP contribution in [-0.4, -0.2) is 9.78 Å². The SMILES string of the molecule is CC.CC.CCC.Cn1ncc2c(c1=O)C=CCC=C2. The second-order valence-corrected chi connectivity index (χ2v) is 3.69. The summed E-state index contributed by atoms with van der Waals surface area (Å²) in [5.41, 5.74) is 1.59. The van der Waals surface area contributed by atoms with Gasteiger partial charge in [0, 0.05) is 18.2 Å². The minimum atomic E-state index is -0.0414. The van der Waals surface area contributed by atoms with Gasteiger partial charge in [-0.05, 0) is 6.42 Å². The Hall–Kier alpha value is -1.64. The Bertz CT molecular complexity index is 457. The Morgan fingerprint density at radius 3 is 2.15 bits per heavy atom. The lowest BCUT2D eigenvalue weighted by Gasteiger charge is -2.00. The van der Waals surface area contributed by atoms with Crippen molar-refractivity contribution in [2.45, 2.75) is 54.4 Å². The van der Waals surface area contributed by atoms with E-state index in [2.05, 4.69) is 18.9 Å². The third kappa shape index (κ3) is 7.07. The molecule has 0 fully saturated rings. The van der Waals surface area contributed by atoms with Crippen LogP contribution in [0.2, 0.25) is 0 Å². The monoisotopic (exact) mass is 278 g/mol. The minimum absolute atomic E-state index is 0.0414. The molecule has 1 aromatic heterocycles. The highest BCUT2D eigenvalue weighted by Crippen LogP contribution is 2.11. The molecule has 0 aliphatic heterocycles. The molecule has 1 aliphatic rings. The zero-order chi connectivity index (χ0) is 16.0. The summed E-state index contributed by atoms with van der Waals surface area (Å²) in [7, 11) is 1.66. The molecule has 1 aliphatic carbocycles. The summed E-state index contributed by atoms with van der Waals surface area (Å²) in [5, 5.41) is 3.95. The number of allylic oxidation sites excluding steroid dienone is 2. The number of rotatable bonds is 0. The normalized spacial score (nSPS) is 10.6. The van der Waals surface area contributed by atoms with Crippen molar-refractivity contribution < 1.29 is 0 Å². The van der Waals surface area contributed by atoms with Gasteiger partial charge in [-0.15, -0.1) is 0 Å². The first-order chi connectivity index (χ1) is 9.70. The summed E-state index contributed by atoms with van der Waals surface area (Å²) in [4.78, 5) is 11.6. The Kier molecular flexibility index (Phi) is 14.2. The Morgan fingerprint density at radius 1 is 1.10 bits per heavy atom. The smallest absolute Gasteiger partial charge is 0.267 e. The standard InChI is InChI=1S/C10H10N2O.C3H8.2C2H6/c1-12-10(13)9-6-4-2-3-5-8(9)7-11-12;1-3-2;2*1-2/h3-7H,2H2,1H3;3H2,1-2H3;2*1-2H3. The number of aryl methyl sites for hydroxylation is 1. The van der Waals surface area contributed by atoms with Crippen molar-refractivity contribution in [2.75, 3.05) is 0 Å². The van der Waals surface area contributed by atoms with Gasteiger partial charge in [-0.1, -0.05) is 72.3 Å². The molecule has 0 N–H and O–H groups in total. The number of hydrogen-bond donors (Lipinski definition) is 0. The zero-order valence-electron chi connectivity index (χ0n) is 14.1. The summed E-state index contributed by atoms with van der Waals surface area (Å²) in [6.07, 6.45) is 11.6. The van der Waals surface area contributed by atoms with Gasteiger partial charge in [0.15, 0.2) is 0 Å². The van der Waals surface area contributed by atoms with Crippen LogP contribution >= 0.6 is 0 Å². The fraction of sp³-hybridized carbons (Fsp3) is 0.529. The second kappa shape index (κ2) is 13.8. The molecule has 0 atom stereocenters. The molecule has 0 spiro atoms. The van der Waals surface area contributed by atoms with Gasteiger partial charge in [0.2, 0.25) is 0 Å². The molecule has 0 aromatic carbocycles. The molecule has 114 valence electrons. The third-order valence-corrected chi connectivity index (χ3v) is 2.06. The molecule has 0 unspecified atom stereocenters. The first-order valence-corrected chi connectivity index (χ1v) is 7.60. The Balaban J connectivity index is 0. The highest BCUT2D eigenvalue weighted by molar-refractivity contribution is 5.65. The van der Waals surface area contributed by atoms with E-state index in [1.165, 1.54) is 11.1 Å². The third-order valence-electron chi connectivity index (χ3n) is 2.06. The predicted molar refractivity (Wildman–Crippen MR) is 90.8 cm³/mol. The Labute approximate surface area is 124 Å². The van der Waals surface area contributed by atoms with Gasteiger partial charge in [0.25, 0.3) is 5.56 Å². The van der Waals surface area contributed by atoms with Gasteiger partial charge in [-0.3, -0.25) is 4.79 Å².